The molecule has 0 fully saturated rings. The van der Waals surface area contributed by atoms with Crippen molar-refractivity contribution in [3.63, 3.8) is 0 Å². The molecular weight excluding hydrogens is 444 g/mol. The van der Waals surface area contributed by atoms with Crippen molar-refractivity contribution < 1.29 is 12.8 Å². The number of fused-ring (bicyclic) bond motifs is 1. The van der Waals surface area contributed by atoms with Gasteiger partial charge in [-0.2, -0.15) is 0 Å². The number of hydrogen-bond acceptors (Lipinski definition) is 4. The Morgan fingerprint density at radius 2 is 2.00 bits per heavy atom. The number of hydrogen-bond donors (Lipinski definition) is 1. The highest BCUT2D eigenvalue weighted by Gasteiger charge is 2.19. The van der Waals surface area contributed by atoms with Crippen LogP contribution in [0.1, 0.15) is 29.7 Å². The molecule has 2 aromatic carbocycles. The Hall–Kier alpha value is -2.34. The van der Waals surface area contributed by atoms with Crippen LogP contribution in [-0.4, -0.2) is 25.8 Å². The van der Waals surface area contributed by atoms with Gasteiger partial charge in [0.1, 0.15) is 0 Å². The van der Waals surface area contributed by atoms with Crippen LogP contribution in [0.15, 0.2) is 50.1 Å². The van der Waals surface area contributed by atoms with E-state index in [-0.39, 0.29) is 12.6 Å². The smallest absolute Gasteiger partial charge is 0.408 e. The van der Waals surface area contributed by atoms with Crippen molar-refractivity contribution in [1.82, 2.24) is 9.29 Å². The fraction of sp³-hybridized carbons (Fsp3) is 0.250. The van der Waals surface area contributed by atoms with Crippen LogP contribution in [0.2, 0.25) is 0 Å². The van der Waals surface area contributed by atoms with E-state index in [1.165, 1.54) is 0 Å². The lowest BCUT2D eigenvalue weighted by atomic mass is 10.0. The normalized spacial score (nSPS) is 12.6. The van der Waals surface area contributed by atoms with E-state index < -0.39 is 15.8 Å². The van der Waals surface area contributed by atoms with Gasteiger partial charge in [0, 0.05) is 10.0 Å². The third-order valence-corrected chi connectivity index (χ3v) is 5.86. The number of sulfonamides is 1. The zero-order valence-corrected chi connectivity index (χ0v) is 18.0. The summed E-state index contributed by atoms with van der Waals surface area (Å²) in [6.07, 6.45) is 1.08. The molecule has 1 aromatic heterocycles. The Morgan fingerprint density at radius 1 is 1.29 bits per heavy atom. The highest BCUT2D eigenvalue weighted by atomic mass is 79.9. The van der Waals surface area contributed by atoms with Gasteiger partial charge >= 0.3 is 5.76 Å². The number of oxazole rings is 1. The highest BCUT2D eigenvalue weighted by Crippen LogP contribution is 2.28. The standard InChI is InChI=1S/C20H19BrN2O4S/c1-13-11-19-18(12-17(13)21)23(20(24)27-19)14(2)16-9-5-4-7-15(16)8-6-10-22-28(3,25)26/h4-5,7,9,11-12,14,22H,10H2,1-3H3/t14-/m1/s1. The fourth-order valence-electron chi connectivity index (χ4n) is 2.94. The number of aryl methyl sites for hydroxylation is 1. The first-order chi connectivity index (χ1) is 13.2. The van der Waals surface area contributed by atoms with Crippen LogP contribution in [-0.2, 0) is 10.0 Å². The van der Waals surface area contributed by atoms with Gasteiger partial charge < -0.3 is 4.42 Å². The van der Waals surface area contributed by atoms with Crippen molar-refractivity contribution in [2.75, 3.05) is 12.8 Å². The number of aromatic nitrogens is 1. The first kappa shape index (κ1) is 20.4. The zero-order chi connectivity index (χ0) is 20.5. The number of halogens is 1. The van der Waals surface area contributed by atoms with Crippen LogP contribution in [0.4, 0.5) is 0 Å². The summed E-state index contributed by atoms with van der Waals surface area (Å²) < 4.78 is 32.6. The molecule has 3 rings (SSSR count). The molecule has 1 N–H and O–H groups in total. The van der Waals surface area contributed by atoms with Crippen LogP contribution in [0, 0.1) is 18.8 Å². The molecule has 0 amide bonds. The van der Waals surface area contributed by atoms with Crippen LogP contribution in [0.5, 0.6) is 0 Å². The quantitative estimate of drug-likeness (QED) is 0.603. The molecule has 1 atom stereocenters. The molecule has 0 aliphatic rings. The van der Waals surface area contributed by atoms with E-state index in [1.54, 1.807) is 4.57 Å². The molecule has 0 spiro atoms. The Morgan fingerprint density at radius 3 is 2.71 bits per heavy atom. The Labute approximate surface area is 171 Å². The van der Waals surface area contributed by atoms with Gasteiger partial charge in [-0.15, -0.1) is 0 Å². The van der Waals surface area contributed by atoms with E-state index in [9.17, 15) is 13.2 Å². The van der Waals surface area contributed by atoms with Gasteiger partial charge in [-0.1, -0.05) is 46.0 Å². The summed E-state index contributed by atoms with van der Waals surface area (Å²) in [4.78, 5) is 12.5. The molecule has 0 bridgehead atoms. The summed E-state index contributed by atoms with van der Waals surface area (Å²) in [6.45, 7) is 3.85. The van der Waals surface area contributed by atoms with Crippen molar-refractivity contribution in [3.8, 4) is 11.8 Å². The molecule has 0 unspecified atom stereocenters. The molecule has 28 heavy (non-hydrogen) atoms. The van der Waals surface area contributed by atoms with E-state index in [0.717, 1.165) is 27.4 Å². The summed E-state index contributed by atoms with van der Waals surface area (Å²) in [5, 5.41) is 0. The Kier molecular flexibility index (Phi) is 5.79. The van der Waals surface area contributed by atoms with E-state index in [0.29, 0.717) is 11.1 Å². The maximum Gasteiger partial charge on any atom is 0.420 e. The summed E-state index contributed by atoms with van der Waals surface area (Å²) in [7, 11) is -3.29. The predicted octanol–water partition coefficient (Wildman–Crippen LogP) is 3.18. The predicted molar refractivity (Wildman–Crippen MR) is 113 cm³/mol. The lowest BCUT2D eigenvalue weighted by Gasteiger charge is -2.15. The fourth-order valence-corrected chi connectivity index (χ4v) is 3.61. The van der Waals surface area contributed by atoms with Gasteiger partial charge in [-0.05, 0) is 43.2 Å². The van der Waals surface area contributed by atoms with Crippen molar-refractivity contribution in [2.45, 2.75) is 19.9 Å². The highest BCUT2D eigenvalue weighted by molar-refractivity contribution is 9.10. The molecule has 3 aromatic rings. The average molecular weight is 463 g/mol. The minimum absolute atomic E-state index is 0.0162. The van der Waals surface area contributed by atoms with Crippen LogP contribution >= 0.6 is 15.9 Å². The maximum absolute atomic E-state index is 12.5. The molecule has 6 nitrogen and oxygen atoms in total. The van der Waals surface area contributed by atoms with Gasteiger partial charge in [0.25, 0.3) is 0 Å². The van der Waals surface area contributed by atoms with Gasteiger partial charge in [0.05, 0.1) is 24.4 Å². The maximum atomic E-state index is 12.5. The van der Waals surface area contributed by atoms with Crippen LogP contribution < -0.4 is 10.5 Å². The molecule has 0 saturated carbocycles. The summed E-state index contributed by atoms with van der Waals surface area (Å²) >= 11 is 3.50. The molecule has 1 heterocycles. The Bertz CT molecular complexity index is 1260. The molecule has 0 aliphatic carbocycles. The van der Waals surface area contributed by atoms with Gasteiger partial charge in [0.2, 0.25) is 10.0 Å². The van der Waals surface area contributed by atoms with Gasteiger partial charge in [-0.3, -0.25) is 4.57 Å². The molecule has 0 radical (unpaired) electrons. The van der Waals surface area contributed by atoms with E-state index in [1.807, 2.05) is 50.2 Å². The van der Waals surface area contributed by atoms with Crippen molar-refractivity contribution >= 4 is 37.1 Å². The number of nitrogens with zero attached hydrogens (tertiary/aromatic N) is 1. The largest absolute Gasteiger partial charge is 0.420 e. The summed E-state index contributed by atoms with van der Waals surface area (Å²) in [5.41, 5.74) is 3.76. The van der Waals surface area contributed by atoms with Crippen LogP contribution in [0.25, 0.3) is 11.1 Å². The topological polar surface area (TPSA) is 81.3 Å². The van der Waals surface area contributed by atoms with Crippen LogP contribution in [0.3, 0.4) is 0 Å². The summed E-state index contributed by atoms with van der Waals surface area (Å²) in [5.74, 6) is 5.35. The van der Waals surface area contributed by atoms with Gasteiger partial charge in [-0.25, -0.2) is 17.9 Å². The second kappa shape index (κ2) is 7.95. The second-order valence-electron chi connectivity index (χ2n) is 6.47. The van der Waals surface area contributed by atoms with Crippen molar-refractivity contribution in [1.29, 1.82) is 0 Å². The molecule has 0 saturated heterocycles. The minimum atomic E-state index is -3.29. The SMILES string of the molecule is Cc1cc2oc(=O)n([C@H](C)c3ccccc3C#CCNS(C)(=O)=O)c2cc1Br. The lowest BCUT2D eigenvalue weighted by molar-refractivity contribution is 0.489. The minimum Gasteiger partial charge on any atom is -0.408 e. The average Bonchev–Trinajstić information content (AvgIpc) is 2.93. The van der Waals surface area contributed by atoms with Crippen molar-refractivity contribution in [2.24, 2.45) is 0 Å². The molecule has 8 heteroatoms. The third-order valence-electron chi connectivity index (χ3n) is 4.34. The zero-order valence-electron chi connectivity index (χ0n) is 15.6. The lowest BCUT2D eigenvalue weighted by Crippen LogP contribution is -2.22. The van der Waals surface area contributed by atoms with E-state index in [2.05, 4.69) is 32.5 Å². The van der Waals surface area contributed by atoms with E-state index >= 15 is 0 Å². The first-order valence-corrected chi connectivity index (χ1v) is 11.2. The van der Waals surface area contributed by atoms with Crippen molar-refractivity contribution in [3.05, 3.63) is 68.1 Å². The number of rotatable bonds is 4. The van der Waals surface area contributed by atoms with E-state index in [4.69, 9.17) is 4.42 Å². The molecule has 146 valence electrons. The first-order valence-electron chi connectivity index (χ1n) is 8.51. The molecule has 0 aliphatic heterocycles. The molecular formula is C20H19BrN2O4S. The number of benzene rings is 2. The van der Waals surface area contributed by atoms with Gasteiger partial charge in [0.15, 0.2) is 5.58 Å². The number of nitrogens with one attached hydrogen (secondary N) is 1. The second-order valence-corrected chi connectivity index (χ2v) is 9.15. The third kappa shape index (κ3) is 4.38. The summed E-state index contributed by atoms with van der Waals surface area (Å²) in [6, 6.07) is 10.8. The Balaban J connectivity index is 2.03. The monoisotopic (exact) mass is 462 g/mol.